The molecule has 36 heavy (non-hydrogen) atoms. The highest BCUT2D eigenvalue weighted by atomic mass is 16.5. The van der Waals surface area contributed by atoms with Crippen LogP contribution in [0.5, 0.6) is 11.5 Å². The predicted octanol–water partition coefficient (Wildman–Crippen LogP) is 5.75. The first-order chi connectivity index (χ1) is 17.1. The van der Waals surface area contributed by atoms with Crippen LogP contribution in [0.1, 0.15) is 63.1 Å². The topological polar surface area (TPSA) is 73.9 Å². The van der Waals surface area contributed by atoms with Crippen molar-refractivity contribution in [2.45, 2.75) is 60.0 Å². The van der Waals surface area contributed by atoms with Gasteiger partial charge in [-0.05, 0) is 62.4 Å². The highest BCUT2D eigenvalue weighted by Crippen LogP contribution is 2.47. The minimum absolute atomic E-state index is 0.0568. The van der Waals surface area contributed by atoms with Gasteiger partial charge >= 0.3 is 5.97 Å². The van der Waals surface area contributed by atoms with Gasteiger partial charge in [0.25, 0.3) is 0 Å². The standard InChI is InChI=1S/C30H35NO5/c1-7-35-29(33)26-19(3)31-23-15-30(4,5)16-24(32)28(23)27(26)20-10-13-25(34-6)21(14-20)17-36-22-11-8-18(2)9-12-22/h8-14,27,31H,7,15-17H2,1-6H3/t27-/m1/s1. The zero-order chi connectivity index (χ0) is 26.0. The minimum atomic E-state index is -0.520. The van der Waals surface area contributed by atoms with Crippen LogP contribution in [0, 0.1) is 12.3 Å². The van der Waals surface area contributed by atoms with Crippen LogP contribution < -0.4 is 14.8 Å². The number of rotatable bonds is 7. The van der Waals surface area contributed by atoms with Gasteiger partial charge in [0.15, 0.2) is 5.78 Å². The number of aryl methyl sites for hydroxylation is 1. The van der Waals surface area contributed by atoms with E-state index in [2.05, 4.69) is 19.2 Å². The molecule has 1 heterocycles. The van der Waals surface area contributed by atoms with Crippen LogP contribution in [-0.2, 0) is 20.9 Å². The Labute approximate surface area is 213 Å². The van der Waals surface area contributed by atoms with E-state index in [0.29, 0.717) is 23.3 Å². The highest BCUT2D eigenvalue weighted by Gasteiger charge is 2.43. The molecule has 6 heteroatoms. The quantitative estimate of drug-likeness (QED) is 0.499. The van der Waals surface area contributed by atoms with Crippen molar-refractivity contribution in [3.8, 4) is 11.5 Å². The maximum absolute atomic E-state index is 13.5. The summed E-state index contributed by atoms with van der Waals surface area (Å²) in [5.74, 6) is 0.565. The van der Waals surface area contributed by atoms with Crippen molar-refractivity contribution in [1.82, 2.24) is 5.32 Å². The number of ketones is 1. The number of hydrogen-bond donors (Lipinski definition) is 1. The first-order valence-corrected chi connectivity index (χ1v) is 12.4. The van der Waals surface area contributed by atoms with Gasteiger partial charge in [-0.15, -0.1) is 0 Å². The summed E-state index contributed by atoms with van der Waals surface area (Å²) in [6, 6.07) is 13.6. The second kappa shape index (κ2) is 10.2. The lowest BCUT2D eigenvalue weighted by molar-refractivity contribution is -0.138. The Morgan fingerprint density at radius 2 is 1.81 bits per heavy atom. The van der Waals surface area contributed by atoms with Crippen LogP contribution >= 0.6 is 0 Å². The lowest BCUT2D eigenvalue weighted by atomic mass is 9.68. The monoisotopic (exact) mass is 489 g/mol. The fraction of sp³-hybridized carbons (Fsp3) is 0.400. The number of carbonyl (C=O) groups excluding carboxylic acids is 2. The summed E-state index contributed by atoms with van der Waals surface area (Å²) in [6.07, 6.45) is 1.16. The zero-order valence-corrected chi connectivity index (χ0v) is 22.0. The number of dihydropyridines is 1. The van der Waals surface area contributed by atoms with E-state index < -0.39 is 11.9 Å². The van der Waals surface area contributed by atoms with Crippen molar-refractivity contribution < 1.29 is 23.8 Å². The molecule has 190 valence electrons. The third kappa shape index (κ3) is 5.18. The Kier molecular flexibility index (Phi) is 7.25. The van der Waals surface area contributed by atoms with E-state index >= 15 is 0 Å². The summed E-state index contributed by atoms with van der Waals surface area (Å²) in [6.45, 7) is 10.4. The molecule has 0 spiro atoms. The maximum atomic E-state index is 13.5. The van der Waals surface area contributed by atoms with Crippen molar-refractivity contribution in [2.24, 2.45) is 5.41 Å². The Morgan fingerprint density at radius 1 is 1.08 bits per heavy atom. The van der Waals surface area contributed by atoms with E-state index in [0.717, 1.165) is 40.3 Å². The summed E-state index contributed by atoms with van der Waals surface area (Å²) in [5, 5.41) is 3.37. The molecule has 0 amide bonds. The maximum Gasteiger partial charge on any atom is 0.336 e. The molecule has 0 unspecified atom stereocenters. The van der Waals surface area contributed by atoms with Gasteiger partial charge in [0.2, 0.25) is 0 Å². The van der Waals surface area contributed by atoms with Gasteiger partial charge < -0.3 is 19.5 Å². The third-order valence-corrected chi connectivity index (χ3v) is 6.79. The third-order valence-electron chi connectivity index (χ3n) is 6.79. The Morgan fingerprint density at radius 3 is 2.47 bits per heavy atom. The van der Waals surface area contributed by atoms with E-state index in [-0.39, 0.29) is 24.4 Å². The van der Waals surface area contributed by atoms with Crippen LogP contribution in [0.4, 0.5) is 0 Å². The van der Waals surface area contributed by atoms with Crippen LogP contribution in [0.2, 0.25) is 0 Å². The largest absolute Gasteiger partial charge is 0.496 e. The van der Waals surface area contributed by atoms with Gasteiger partial charge in [-0.2, -0.15) is 0 Å². The van der Waals surface area contributed by atoms with Crippen LogP contribution in [0.25, 0.3) is 0 Å². The van der Waals surface area contributed by atoms with Gasteiger partial charge in [0, 0.05) is 34.9 Å². The molecule has 2 aliphatic rings. The minimum Gasteiger partial charge on any atom is -0.496 e. The Hall–Kier alpha value is -3.54. The van der Waals surface area contributed by atoms with Crippen molar-refractivity contribution in [1.29, 1.82) is 0 Å². The SMILES string of the molecule is CCOC(=O)C1=C(C)NC2=C(C(=O)CC(C)(C)C2)[C@@H]1c1ccc(OC)c(COc2ccc(C)cc2)c1. The van der Waals surface area contributed by atoms with Crippen LogP contribution in [0.15, 0.2) is 65.0 Å². The second-order valence-corrected chi connectivity index (χ2v) is 10.3. The number of nitrogens with one attached hydrogen (secondary N) is 1. The summed E-state index contributed by atoms with van der Waals surface area (Å²) in [4.78, 5) is 26.6. The van der Waals surface area contributed by atoms with E-state index in [1.54, 1.807) is 14.0 Å². The van der Waals surface area contributed by atoms with Crippen LogP contribution in [0.3, 0.4) is 0 Å². The number of ether oxygens (including phenoxy) is 3. The van der Waals surface area contributed by atoms with Crippen molar-refractivity contribution >= 4 is 11.8 Å². The lowest BCUT2D eigenvalue weighted by Gasteiger charge is -2.39. The molecule has 0 saturated carbocycles. The molecule has 6 nitrogen and oxygen atoms in total. The molecular weight excluding hydrogens is 454 g/mol. The molecule has 2 aromatic rings. The number of allylic oxidation sites excluding steroid dienone is 3. The van der Waals surface area contributed by atoms with E-state index in [4.69, 9.17) is 14.2 Å². The fourth-order valence-corrected chi connectivity index (χ4v) is 5.14. The molecule has 0 fully saturated rings. The number of methoxy groups -OCH3 is 1. The molecule has 0 saturated heterocycles. The Bertz CT molecular complexity index is 1240. The average Bonchev–Trinajstić information content (AvgIpc) is 2.82. The summed E-state index contributed by atoms with van der Waals surface area (Å²) in [5.41, 5.74) is 5.41. The van der Waals surface area contributed by atoms with Gasteiger partial charge in [-0.1, -0.05) is 37.6 Å². The van der Waals surface area contributed by atoms with Crippen LogP contribution in [-0.4, -0.2) is 25.5 Å². The van der Waals surface area contributed by atoms with E-state index in [9.17, 15) is 9.59 Å². The van der Waals surface area contributed by atoms with Gasteiger partial charge in [-0.3, -0.25) is 4.79 Å². The molecule has 1 aliphatic heterocycles. The van der Waals surface area contributed by atoms with Crippen molar-refractivity contribution in [3.63, 3.8) is 0 Å². The molecule has 1 N–H and O–H groups in total. The number of hydrogen-bond acceptors (Lipinski definition) is 6. The van der Waals surface area contributed by atoms with E-state index in [1.165, 1.54) is 0 Å². The molecule has 2 aromatic carbocycles. The highest BCUT2D eigenvalue weighted by molar-refractivity contribution is 6.04. The molecule has 0 radical (unpaired) electrons. The molecule has 4 rings (SSSR count). The molecule has 1 aliphatic carbocycles. The fourth-order valence-electron chi connectivity index (χ4n) is 5.14. The summed E-state index contributed by atoms with van der Waals surface area (Å²) >= 11 is 0. The number of carbonyl (C=O) groups is 2. The normalized spacial score (nSPS) is 18.9. The first-order valence-electron chi connectivity index (χ1n) is 12.4. The number of benzene rings is 2. The average molecular weight is 490 g/mol. The molecule has 0 aromatic heterocycles. The van der Waals surface area contributed by atoms with Crippen molar-refractivity contribution in [2.75, 3.05) is 13.7 Å². The van der Waals surface area contributed by atoms with Crippen molar-refractivity contribution in [3.05, 3.63) is 81.7 Å². The smallest absolute Gasteiger partial charge is 0.336 e. The summed E-state index contributed by atoms with van der Waals surface area (Å²) < 4.78 is 17.1. The van der Waals surface area contributed by atoms with Gasteiger partial charge in [0.05, 0.1) is 19.3 Å². The number of esters is 1. The van der Waals surface area contributed by atoms with Gasteiger partial charge in [0.1, 0.15) is 18.1 Å². The lowest BCUT2D eigenvalue weighted by Crippen LogP contribution is -2.38. The molecule has 1 atom stereocenters. The zero-order valence-electron chi connectivity index (χ0n) is 22.0. The van der Waals surface area contributed by atoms with E-state index in [1.807, 2.05) is 56.3 Å². The second-order valence-electron chi connectivity index (χ2n) is 10.3. The Balaban J connectivity index is 1.78. The summed E-state index contributed by atoms with van der Waals surface area (Å²) in [7, 11) is 1.62. The first kappa shape index (κ1) is 25.5. The molecular formula is C30H35NO5. The number of Topliss-reactive ketones (excluding diaryl/α,β-unsaturated/α-hetero) is 1. The van der Waals surface area contributed by atoms with Gasteiger partial charge in [-0.25, -0.2) is 4.79 Å². The molecule has 0 bridgehead atoms. The predicted molar refractivity (Wildman–Crippen MR) is 139 cm³/mol.